The average Bonchev–Trinajstić information content (AvgIpc) is 2.76. The number of hydrogen-bond donors (Lipinski definition) is 1. The zero-order chi connectivity index (χ0) is 20.8. The van der Waals surface area contributed by atoms with Gasteiger partial charge in [-0.1, -0.05) is 24.3 Å². The number of ether oxygens (including phenoxy) is 2. The fourth-order valence-corrected chi connectivity index (χ4v) is 3.47. The van der Waals surface area contributed by atoms with Crippen LogP contribution in [0.2, 0.25) is 0 Å². The lowest BCUT2D eigenvalue weighted by molar-refractivity contribution is -0.117. The second-order valence-corrected chi connectivity index (χ2v) is 6.89. The molecule has 0 spiro atoms. The molecule has 1 unspecified atom stereocenters. The maximum Gasteiger partial charge on any atom is 0.263 e. The van der Waals surface area contributed by atoms with Crippen LogP contribution in [0, 0.1) is 11.3 Å². The first-order valence-corrected chi connectivity index (χ1v) is 9.56. The van der Waals surface area contributed by atoms with Gasteiger partial charge in [-0.3, -0.25) is 4.79 Å². The Kier molecular flexibility index (Phi) is 6.40. The monoisotopic (exact) mass is 391 g/mol. The van der Waals surface area contributed by atoms with Gasteiger partial charge in [0.05, 0.1) is 20.3 Å². The number of benzene rings is 2. The molecule has 0 fully saturated rings. The van der Waals surface area contributed by atoms with Gasteiger partial charge < -0.3 is 19.7 Å². The van der Waals surface area contributed by atoms with E-state index in [1.807, 2.05) is 48.2 Å². The van der Waals surface area contributed by atoms with Gasteiger partial charge in [-0.2, -0.15) is 5.26 Å². The Hall–Kier alpha value is -3.46. The molecule has 1 amide bonds. The van der Waals surface area contributed by atoms with Gasteiger partial charge in [0.1, 0.15) is 11.6 Å². The van der Waals surface area contributed by atoms with Gasteiger partial charge in [0.15, 0.2) is 11.5 Å². The van der Waals surface area contributed by atoms with Crippen LogP contribution in [0.5, 0.6) is 11.5 Å². The molecule has 0 saturated heterocycles. The SMILES string of the molecule is COc1ccc(C(C)NC(=O)/C(C#N)=C\N2CCCc3ccccc32)cc1OC. The van der Waals surface area contributed by atoms with Gasteiger partial charge in [0, 0.05) is 18.4 Å². The van der Waals surface area contributed by atoms with Gasteiger partial charge in [-0.05, 0) is 49.1 Å². The smallest absolute Gasteiger partial charge is 0.263 e. The number of carbonyl (C=O) groups is 1. The standard InChI is InChI=1S/C23H25N3O3/c1-16(18-10-11-21(28-2)22(13-18)29-3)25-23(27)19(14-24)15-26-12-6-8-17-7-4-5-9-20(17)26/h4-5,7,9-11,13,15-16H,6,8,12H2,1-3H3,(H,25,27)/b19-15-. The Morgan fingerprint density at radius 3 is 2.69 bits per heavy atom. The minimum atomic E-state index is -0.405. The van der Waals surface area contributed by atoms with E-state index in [0.717, 1.165) is 30.6 Å². The predicted molar refractivity (Wildman–Crippen MR) is 112 cm³/mol. The zero-order valence-electron chi connectivity index (χ0n) is 16.9. The van der Waals surface area contributed by atoms with Crippen molar-refractivity contribution in [2.24, 2.45) is 0 Å². The normalized spacial score (nSPS) is 14.4. The highest BCUT2D eigenvalue weighted by molar-refractivity contribution is 5.98. The minimum absolute atomic E-state index is 0.0778. The summed E-state index contributed by atoms with van der Waals surface area (Å²) in [5, 5.41) is 12.5. The van der Waals surface area contributed by atoms with Crippen molar-refractivity contribution in [3.63, 3.8) is 0 Å². The molecule has 0 aliphatic carbocycles. The van der Waals surface area contributed by atoms with Crippen molar-refractivity contribution in [2.75, 3.05) is 25.7 Å². The summed E-state index contributed by atoms with van der Waals surface area (Å²) in [6.45, 7) is 2.64. The van der Waals surface area contributed by atoms with E-state index in [1.165, 1.54) is 5.56 Å². The molecule has 1 aliphatic heterocycles. The summed E-state index contributed by atoms with van der Waals surface area (Å²) in [6, 6.07) is 15.3. The highest BCUT2D eigenvalue weighted by atomic mass is 16.5. The molecule has 3 rings (SSSR count). The number of nitrogens with zero attached hydrogens (tertiary/aromatic N) is 2. The van der Waals surface area contributed by atoms with Gasteiger partial charge in [-0.25, -0.2) is 0 Å². The van der Waals surface area contributed by atoms with E-state index >= 15 is 0 Å². The topological polar surface area (TPSA) is 74.6 Å². The predicted octanol–water partition coefficient (Wildman–Crippen LogP) is 3.74. The second kappa shape index (κ2) is 9.16. The molecule has 2 aromatic carbocycles. The lowest BCUT2D eigenvalue weighted by atomic mass is 10.0. The van der Waals surface area contributed by atoms with Crippen LogP contribution in [0.1, 0.15) is 30.5 Å². The molecule has 0 aromatic heterocycles. The van der Waals surface area contributed by atoms with Crippen LogP contribution in [0.25, 0.3) is 0 Å². The molecule has 0 saturated carbocycles. The number of amides is 1. The number of aryl methyl sites for hydroxylation is 1. The summed E-state index contributed by atoms with van der Waals surface area (Å²) < 4.78 is 10.6. The number of methoxy groups -OCH3 is 2. The molecule has 6 nitrogen and oxygen atoms in total. The van der Waals surface area contributed by atoms with Crippen molar-refractivity contribution in [3.05, 3.63) is 65.4 Å². The number of anilines is 1. The fraction of sp³-hybridized carbons (Fsp3) is 0.304. The largest absolute Gasteiger partial charge is 0.493 e. The molecule has 1 N–H and O–H groups in total. The van der Waals surface area contributed by atoms with Crippen LogP contribution in [0.3, 0.4) is 0 Å². The van der Waals surface area contributed by atoms with Crippen LogP contribution >= 0.6 is 0 Å². The summed E-state index contributed by atoms with van der Waals surface area (Å²) in [5.74, 6) is 0.807. The Morgan fingerprint density at radius 1 is 1.21 bits per heavy atom. The summed E-state index contributed by atoms with van der Waals surface area (Å²) in [7, 11) is 3.14. The highest BCUT2D eigenvalue weighted by Crippen LogP contribution is 2.30. The van der Waals surface area contributed by atoms with Gasteiger partial charge in [0.2, 0.25) is 0 Å². The quantitative estimate of drug-likeness (QED) is 0.600. The molecular formula is C23H25N3O3. The van der Waals surface area contributed by atoms with Crippen molar-refractivity contribution in [2.45, 2.75) is 25.8 Å². The van der Waals surface area contributed by atoms with Gasteiger partial charge >= 0.3 is 0 Å². The zero-order valence-corrected chi connectivity index (χ0v) is 16.9. The molecule has 6 heteroatoms. The maximum absolute atomic E-state index is 12.7. The third kappa shape index (κ3) is 4.52. The van der Waals surface area contributed by atoms with Gasteiger partial charge in [0.25, 0.3) is 5.91 Å². The Bertz CT molecular complexity index is 962. The number of para-hydroxylation sites is 1. The van der Waals surface area contributed by atoms with Gasteiger partial charge in [-0.15, -0.1) is 0 Å². The average molecular weight is 391 g/mol. The number of carbonyl (C=O) groups excluding carboxylic acids is 1. The van der Waals surface area contributed by atoms with Crippen LogP contribution in [-0.4, -0.2) is 26.7 Å². The van der Waals surface area contributed by atoms with Crippen molar-refractivity contribution in [1.29, 1.82) is 5.26 Å². The Balaban J connectivity index is 1.77. The van der Waals surface area contributed by atoms with Crippen molar-refractivity contribution < 1.29 is 14.3 Å². The fourth-order valence-electron chi connectivity index (χ4n) is 3.47. The number of nitrogens with one attached hydrogen (secondary N) is 1. The van der Waals surface area contributed by atoms with Crippen LogP contribution < -0.4 is 19.7 Å². The van der Waals surface area contributed by atoms with Crippen molar-refractivity contribution in [3.8, 4) is 17.6 Å². The molecule has 1 atom stereocenters. The molecule has 1 aliphatic rings. The summed E-state index contributed by atoms with van der Waals surface area (Å²) in [4.78, 5) is 14.7. The van der Waals surface area contributed by atoms with E-state index in [0.29, 0.717) is 11.5 Å². The first kappa shape index (κ1) is 20.3. The number of fused-ring (bicyclic) bond motifs is 1. The van der Waals surface area contributed by atoms with E-state index in [-0.39, 0.29) is 11.6 Å². The molecule has 0 bridgehead atoms. The molecule has 2 aromatic rings. The molecule has 0 radical (unpaired) electrons. The van der Waals surface area contributed by atoms with Crippen LogP contribution in [0.15, 0.2) is 54.2 Å². The molecule has 150 valence electrons. The molecule has 29 heavy (non-hydrogen) atoms. The molecular weight excluding hydrogens is 366 g/mol. The number of nitriles is 1. The van der Waals surface area contributed by atoms with E-state index in [2.05, 4.69) is 11.4 Å². The van der Waals surface area contributed by atoms with Crippen LogP contribution in [-0.2, 0) is 11.2 Å². The van der Waals surface area contributed by atoms with Crippen molar-refractivity contribution in [1.82, 2.24) is 5.32 Å². The number of rotatable bonds is 6. The third-order valence-corrected chi connectivity index (χ3v) is 5.05. The van der Waals surface area contributed by atoms with E-state index < -0.39 is 5.91 Å². The number of hydrogen-bond acceptors (Lipinski definition) is 5. The van der Waals surface area contributed by atoms with Crippen molar-refractivity contribution >= 4 is 11.6 Å². The maximum atomic E-state index is 12.7. The van der Waals surface area contributed by atoms with E-state index in [4.69, 9.17) is 9.47 Å². The lowest BCUT2D eigenvalue weighted by Crippen LogP contribution is -2.30. The highest BCUT2D eigenvalue weighted by Gasteiger charge is 2.19. The Labute approximate surface area is 171 Å². The first-order chi connectivity index (χ1) is 14.1. The summed E-state index contributed by atoms with van der Waals surface area (Å²) in [5.41, 5.74) is 3.21. The lowest BCUT2D eigenvalue weighted by Gasteiger charge is -2.28. The second-order valence-electron chi connectivity index (χ2n) is 6.89. The van der Waals surface area contributed by atoms with E-state index in [1.54, 1.807) is 26.5 Å². The summed E-state index contributed by atoms with van der Waals surface area (Å²) >= 11 is 0. The first-order valence-electron chi connectivity index (χ1n) is 9.56. The third-order valence-electron chi connectivity index (χ3n) is 5.05. The minimum Gasteiger partial charge on any atom is -0.493 e. The van der Waals surface area contributed by atoms with E-state index in [9.17, 15) is 10.1 Å². The molecule has 1 heterocycles. The van der Waals surface area contributed by atoms with Crippen LogP contribution in [0.4, 0.5) is 5.69 Å². The summed E-state index contributed by atoms with van der Waals surface area (Å²) in [6.07, 6.45) is 3.63. The Morgan fingerprint density at radius 2 is 1.97 bits per heavy atom.